The molecule has 2 nitrogen and oxygen atoms in total. The third-order valence-corrected chi connectivity index (χ3v) is 3.71. The molecule has 0 bridgehead atoms. The molecule has 102 valence electrons. The minimum absolute atomic E-state index is 0.981. The molecule has 1 aliphatic carbocycles. The van der Waals surface area contributed by atoms with E-state index in [1.165, 1.54) is 70.9 Å². The van der Waals surface area contributed by atoms with Crippen LogP contribution in [-0.4, -0.2) is 26.3 Å². The van der Waals surface area contributed by atoms with E-state index in [2.05, 4.69) is 12.2 Å². The first-order chi connectivity index (χ1) is 8.43. The summed E-state index contributed by atoms with van der Waals surface area (Å²) >= 11 is 0. The Kier molecular flexibility index (Phi) is 9.72. The first kappa shape index (κ1) is 15.0. The summed E-state index contributed by atoms with van der Waals surface area (Å²) in [6.45, 7) is 6.56. The van der Waals surface area contributed by atoms with Crippen molar-refractivity contribution in [3.05, 3.63) is 0 Å². The van der Waals surface area contributed by atoms with Crippen molar-refractivity contribution in [3.8, 4) is 0 Å². The van der Waals surface area contributed by atoms with Crippen molar-refractivity contribution in [3.63, 3.8) is 0 Å². The van der Waals surface area contributed by atoms with Crippen LogP contribution in [-0.2, 0) is 4.74 Å². The lowest BCUT2D eigenvalue weighted by Gasteiger charge is -2.24. The largest absolute Gasteiger partial charge is 0.381 e. The van der Waals surface area contributed by atoms with Gasteiger partial charge in [0.2, 0.25) is 0 Å². The molecular formula is C15H31NO. The van der Waals surface area contributed by atoms with Gasteiger partial charge in [-0.15, -0.1) is 0 Å². The van der Waals surface area contributed by atoms with Gasteiger partial charge >= 0.3 is 0 Å². The van der Waals surface area contributed by atoms with Crippen LogP contribution in [0.4, 0.5) is 0 Å². The molecule has 0 aromatic carbocycles. The normalized spacial score (nSPS) is 16.1. The van der Waals surface area contributed by atoms with Gasteiger partial charge in [-0.25, -0.2) is 0 Å². The van der Waals surface area contributed by atoms with Crippen molar-refractivity contribution in [2.45, 2.75) is 64.7 Å². The fourth-order valence-electron chi connectivity index (χ4n) is 2.24. The van der Waals surface area contributed by atoms with Crippen LogP contribution in [0.2, 0.25) is 0 Å². The second kappa shape index (κ2) is 11.0. The molecule has 0 spiro atoms. The van der Waals surface area contributed by atoms with E-state index in [1.54, 1.807) is 0 Å². The first-order valence-corrected chi connectivity index (χ1v) is 7.72. The molecule has 1 rings (SSSR count). The predicted octanol–water partition coefficient (Wildman–Crippen LogP) is 3.75. The zero-order chi connectivity index (χ0) is 12.2. The van der Waals surface area contributed by atoms with Gasteiger partial charge in [0, 0.05) is 13.2 Å². The van der Waals surface area contributed by atoms with E-state index < -0.39 is 0 Å². The van der Waals surface area contributed by atoms with E-state index in [-0.39, 0.29) is 0 Å². The van der Waals surface area contributed by atoms with Gasteiger partial charge in [0.15, 0.2) is 0 Å². The Morgan fingerprint density at radius 1 is 1.00 bits per heavy atom. The van der Waals surface area contributed by atoms with Crippen molar-refractivity contribution < 1.29 is 4.74 Å². The summed E-state index contributed by atoms with van der Waals surface area (Å²) in [6.07, 6.45) is 12.2. The molecule has 0 radical (unpaired) electrons. The van der Waals surface area contributed by atoms with Gasteiger partial charge in [0.05, 0.1) is 0 Å². The second-order valence-corrected chi connectivity index (χ2v) is 5.36. The Morgan fingerprint density at radius 2 is 1.82 bits per heavy atom. The molecule has 0 amide bonds. The summed E-state index contributed by atoms with van der Waals surface area (Å²) in [6, 6.07) is 0. The SMILES string of the molecule is CCCNCCCCCCOCCC1CCC1. The van der Waals surface area contributed by atoms with Crippen LogP contribution in [0.15, 0.2) is 0 Å². The average Bonchev–Trinajstić information content (AvgIpc) is 2.28. The zero-order valence-electron chi connectivity index (χ0n) is 11.7. The van der Waals surface area contributed by atoms with E-state index in [4.69, 9.17) is 4.74 Å². The van der Waals surface area contributed by atoms with Crippen molar-refractivity contribution in [2.24, 2.45) is 5.92 Å². The topological polar surface area (TPSA) is 21.3 Å². The van der Waals surface area contributed by atoms with Crippen LogP contribution in [0.3, 0.4) is 0 Å². The molecule has 1 fully saturated rings. The highest BCUT2D eigenvalue weighted by molar-refractivity contribution is 4.68. The molecule has 1 N–H and O–H groups in total. The highest BCUT2D eigenvalue weighted by Gasteiger charge is 2.16. The molecule has 0 atom stereocenters. The van der Waals surface area contributed by atoms with E-state index in [9.17, 15) is 0 Å². The zero-order valence-corrected chi connectivity index (χ0v) is 11.7. The van der Waals surface area contributed by atoms with E-state index >= 15 is 0 Å². The Morgan fingerprint density at radius 3 is 2.53 bits per heavy atom. The molecule has 1 saturated carbocycles. The number of hydrogen-bond acceptors (Lipinski definition) is 2. The molecule has 0 unspecified atom stereocenters. The van der Waals surface area contributed by atoms with E-state index in [0.29, 0.717) is 0 Å². The van der Waals surface area contributed by atoms with Gasteiger partial charge in [0.25, 0.3) is 0 Å². The van der Waals surface area contributed by atoms with E-state index in [0.717, 1.165) is 19.1 Å². The molecule has 0 aromatic heterocycles. The Labute approximate surface area is 108 Å². The number of rotatable bonds is 12. The standard InChI is InChI=1S/C15H31NO/c1-2-11-16-12-5-3-4-6-13-17-14-10-15-8-7-9-15/h15-16H,2-14H2,1H3. The highest BCUT2D eigenvalue weighted by Crippen LogP contribution is 2.29. The molecule has 2 heteroatoms. The summed E-state index contributed by atoms with van der Waals surface area (Å²) in [5.41, 5.74) is 0. The maximum absolute atomic E-state index is 5.67. The summed E-state index contributed by atoms with van der Waals surface area (Å²) in [4.78, 5) is 0. The number of ether oxygens (including phenoxy) is 1. The lowest BCUT2D eigenvalue weighted by Crippen LogP contribution is -2.15. The van der Waals surface area contributed by atoms with Crippen LogP contribution in [0.1, 0.15) is 64.7 Å². The molecule has 17 heavy (non-hydrogen) atoms. The minimum Gasteiger partial charge on any atom is -0.381 e. The Bertz CT molecular complexity index is 157. The van der Waals surface area contributed by atoms with Crippen molar-refractivity contribution in [2.75, 3.05) is 26.3 Å². The maximum Gasteiger partial charge on any atom is 0.0468 e. The summed E-state index contributed by atoms with van der Waals surface area (Å²) in [5, 5.41) is 3.44. The minimum atomic E-state index is 0.981. The van der Waals surface area contributed by atoms with Gasteiger partial charge in [-0.3, -0.25) is 0 Å². The van der Waals surface area contributed by atoms with Gasteiger partial charge in [-0.05, 0) is 44.7 Å². The summed E-state index contributed by atoms with van der Waals surface area (Å²) in [7, 11) is 0. The fourth-order valence-corrected chi connectivity index (χ4v) is 2.24. The van der Waals surface area contributed by atoms with Crippen LogP contribution in [0.5, 0.6) is 0 Å². The van der Waals surface area contributed by atoms with Crippen molar-refractivity contribution in [1.29, 1.82) is 0 Å². The van der Waals surface area contributed by atoms with Gasteiger partial charge in [-0.1, -0.05) is 39.0 Å². The van der Waals surface area contributed by atoms with Gasteiger partial charge in [-0.2, -0.15) is 0 Å². The molecule has 1 aliphatic rings. The van der Waals surface area contributed by atoms with Gasteiger partial charge in [0.1, 0.15) is 0 Å². The first-order valence-electron chi connectivity index (χ1n) is 7.72. The molecular weight excluding hydrogens is 210 g/mol. The lowest BCUT2D eigenvalue weighted by molar-refractivity contribution is 0.103. The van der Waals surface area contributed by atoms with Crippen molar-refractivity contribution in [1.82, 2.24) is 5.32 Å². The van der Waals surface area contributed by atoms with Crippen LogP contribution >= 0.6 is 0 Å². The summed E-state index contributed by atoms with van der Waals surface area (Å²) in [5.74, 6) is 1.000. The third-order valence-electron chi connectivity index (χ3n) is 3.71. The number of unbranched alkanes of at least 4 members (excludes halogenated alkanes) is 3. The fraction of sp³-hybridized carbons (Fsp3) is 1.00. The molecule has 0 saturated heterocycles. The number of hydrogen-bond donors (Lipinski definition) is 1. The van der Waals surface area contributed by atoms with Gasteiger partial charge < -0.3 is 10.1 Å². The Hall–Kier alpha value is -0.0800. The molecule has 0 heterocycles. The average molecular weight is 241 g/mol. The van der Waals surface area contributed by atoms with E-state index in [1.807, 2.05) is 0 Å². The maximum atomic E-state index is 5.67. The second-order valence-electron chi connectivity index (χ2n) is 5.36. The summed E-state index contributed by atoms with van der Waals surface area (Å²) < 4.78 is 5.67. The predicted molar refractivity (Wildman–Crippen MR) is 74.4 cm³/mol. The highest BCUT2D eigenvalue weighted by atomic mass is 16.5. The van der Waals surface area contributed by atoms with Crippen LogP contribution in [0.25, 0.3) is 0 Å². The van der Waals surface area contributed by atoms with Crippen LogP contribution in [0, 0.1) is 5.92 Å². The molecule has 0 aliphatic heterocycles. The monoisotopic (exact) mass is 241 g/mol. The molecule has 0 aromatic rings. The van der Waals surface area contributed by atoms with Crippen molar-refractivity contribution >= 4 is 0 Å². The quantitative estimate of drug-likeness (QED) is 0.525. The lowest BCUT2D eigenvalue weighted by atomic mass is 9.83. The smallest absolute Gasteiger partial charge is 0.0468 e. The van der Waals surface area contributed by atoms with Crippen LogP contribution < -0.4 is 5.32 Å². The number of nitrogens with one attached hydrogen (secondary N) is 1. The Balaban J connectivity index is 1.64. The third kappa shape index (κ3) is 8.62.